The van der Waals surface area contributed by atoms with E-state index in [9.17, 15) is 4.79 Å². The van der Waals surface area contributed by atoms with Crippen LogP contribution in [0.1, 0.15) is 46.5 Å². The molecule has 0 spiro atoms. The van der Waals surface area contributed by atoms with Crippen LogP contribution < -0.4 is 10.6 Å². The highest BCUT2D eigenvalue weighted by Gasteiger charge is 2.24. The third kappa shape index (κ3) is 6.12. The van der Waals surface area contributed by atoms with Crippen LogP contribution in [0.25, 0.3) is 0 Å². The predicted molar refractivity (Wildman–Crippen MR) is 90.2 cm³/mol. The minimum atomic E-state index is -0.197. The third-order valence-electron chi connectivity index (χ3n) is 4.30. The van der Waals surface area contributed by atoms with Crippen LogP contribution in [0, 0.1) is 5.92 Å². The Labute approximate surface area is 134 Å². The summed E-state index contributed by atoms with van der Waals surface area (Å²) in [5.41, 5.74) is 0. The van der Waals surface area contributed by atoms with Crippen molar-refractivity contribution in [1.29, 1.82) is 0 Å². The fourth-order valence-corrected chi connectivity index (χ4v) is 2.63. The monoisotopic (exact) mass is 312 g/mol. The fourth-order valence-electron chi connectivity index (χ4n) is 2.63. The molecule has 1 aliphatic heterocycles. The number of hydrogen-bond acceptors (Lipinski definition) is 3. The van der Waals surface area contributed by atoms with Crippen LogP contribution in [-0.4, -0.2) is 56.3 Å². The van der Waals surface area contributed by atoms with Gasteiger partial charge in [-0.05, 0) is 25.7 Å². The van der Waals surface area contributed by atoms with Crippen molar-refractivity contribution in [3.8, 4) is 0 Å². The van der Waals surface area contributed by atoms with E-state index in [1.165, 1.54) is 12.8 Å². The number of likely N-dealkylation sites (tertiary alicyclic amines) is 1. The van der Waals surface area contributed by atoms with Crippen LogP contribution in [0.15, 0.2) is 4.99 Å². The molecular weight excluding hydrogens is 280 g/mol. The van der Waals surface area contributed by atoms with Gasteiger partial charge in [-0.15, -0.1) is 0 Å². The highest BCUT2D eigenvalue weighted by molar-refractivity contribution is 5.80. The summed E-state index contributed by atoms with van der Waals surface area (Å²) in [5, 5.41) is 6.87. The average Bonchev–Trinajstić information content (AvgIpc) is 2.55. The number of hydrogen-bond donors (Lipinski definition) is 2. The summed E-state index contributed by atoms with van der Waals surface area (Å²) in [6.07, 6.45) is 4.00. The van der Waals surface area contributed by atoms with E-state index in [1.54, 1.807) is 11.9 Å². The number of nitrogens with zero attached hydrogens (tertiary/aromatic N) is 2. The van der Waals surface area contributed by atoms with Crippen LogP contribution in [0.2, 0.25) is 0 Å². The van der Waals surface area contributed by atoms with E-state index in [0.717, 1.165) is 38.4 Å². The molecule has 0 unspecified atom stereocenters. The van der Waals surface area contributed by atoms with E-state index in [0.29, 0.717) is 18.6 Å². The number of nitrogens with one attached hydrogen (secondary N) is 2. The lowest BCUT2D eigenvalue weighted by atomic mass is 10.0. The molecule has 2 N–H and O–H groups in total. The fraction of sp³-hybridized carbons (Fsp3) is 0.875. The van der Waals surface area contributed by atoms with Crippen molar-refractivity contribution in [1.82, 2.24) is 15.5 Å². The molecule has 0 radical (unpaired) electrons. The number of amides is 1. The summed E-state index contributed by atoms with van der Waals surface area (Å²) >= 11 is 0. The molecule has 22 heavy (non-hydrogen) atoms. The van der Waals surface area contributed by atoms with E-state index in [4.69, 9.17) is 4.74 Å². The van der Waals surface area contributed by atoms with Gasteiger partial charge in [0, 0.05) is 32.7 Å². The van der Waals surface area contributed by atoms with Crippen LogP contribution in [0.4, 0.5) is 4.79 Å². The Bertz CT molecular complexity index is 348. The van der Waals surface area contributed by atoms with E-state index in [1.807, 2.05) is 6.92 Å². The standard InChI is InChI=1S/C16H32N4O2/c1-5-13(6-2)12-18-15(17-4)19-14-8-10-20(11-9-14)16(21)22-7-3/h13-14H,5-12H2,1-4H3,(H2,17,18,19). The summed E-state index contributed by atoms with van der Waals surface area (Å²) in [6, 6.07) is 0.360. The molecule has 1 heterocycles. The topological polar surface area (TPSA) is 66.0 Å². The predicted octanol–water partition coefficient (Wildman–Crippen LogP) is 2.21. The van der Waals surface area contributed by atoms with E-state index < -0.39 is 0 Å². The number of aliphatic imine (C=N–C) groups is 1. The lowest BCUT2D eigenvalue weighted by molar-refractivity contribution is 0.0963. The molecule has 0 aliphatic carbocycles. The average molecular weight is 312 g/mol. The lowest BCUT2D eigenvalue weighted by Crippen LogP contribution is -2.50. The van der Waals surface area contributed by atoms with Crippen molar-refractivity contribution >= 4 is 12.1 Å². The van der Waals surface area contributed by atoms with Gasteiger partial charge in [0.15, 0.2) is 5.96 Å². The van der Waals surface area contributed by atoms with Gasteiger partial charge in [-0.3, -0.25) is 4.99 Å². The van der Waals surface area contributed by atoms with Crippen LogP contribution in [-0.2, 0) is 4.74 Å². The summed E-state index contributed by atoms with van der Waals surface area (Å²) in [6.45, 7) is 9.13. The van der Waals surface area contributed by atoms with Gasteiger partial charge in [0.05, 0.1) is 6.61 Å². The summed E-state index contributed by atoms with van der Waals surface area (Å²) in [4.78, 5) is 17.7. The summed E-state index contributed by atoms with van der Waals surface area (Å²) in [5.74, 6) is 1.55. The van der Waals surface area contributed by atoms with Crippen LogP contribution in [0.3, 0.4) is 0 Å². The van der Waals surface area contributed by atoms with Gasteiger partial charge in [-0.2, -0.15) is 0 Å². The molecule has 128 valence electrons. The van der Waals surface area contributed by atoms with Gasteiger partial charge in [0.25, 0.3) is 0 Å². The second-order valence-electron chi connectivity index (χ2n) is 5.74. The molecule has 0 bridgehead atoms. The minimum Gasteiger partial charge on any atom is -0.450 e. The molecule has 1 fully saturated rings. The number of carbonyl (C=O) groups excluding carboxylic acids is 1. The normalized spacial score (nSPS) is 16.8. The van der Waals surface area contributed by atoms with Gasteiger partial charge >= 0.3 is 6.09 Å². The first-order valence-electron chi connectivity index (χ1n) is 8.53. The zero-order chi connectivity index (χ0) is 16.4. The Balaban J connectivity index is 2.33. The largest absolute Gasteiger partial charge is 0.450 e. The summed E-state index contributed by atoms with van der Waals surface area (Å²) < 4.78 is 5.04. The Kier molecular flexibility index (Phi) is 8.70. The molecule has 6 nitrogen and oxygen atoms in total. The van der Waals surface area contributed by atoms with Crippen molar-refractivity contribution in [2.75, 3.05) is 33.3 Å². The quantitative estimate of drug-likeness (QED) is 0.583. The van der Waals surface area contributed by atoms with Gasteiger partial charge in [-0.25, -0.2) is 4.79 Å². The van der Waals surface area contributed by atoms with E-state index >= 15 is 0 Å². The molecule has 0 aromatic carbocycles. The SMILES string of the molecule is CCOC(=O)N1CCC(NC(=NC)NCC(CC)CC)CC1. The molecule has 1 rings (SSSR count). The molecular formula is C16H32N4O2. The van der Waals surface area contributed by atoms with Gasteiger partial charge in [0.1, 0.15) is 0 Å². The molecule has 0 atom stereocenters. The first kappa shape index (κ1) is 18.6. The molecule has 1 saturated heterocycles. The molecule has 0 aromatic heterocycles. The first-order chi connectivity index (χ1) is 10.6. The van der Waals surface area contributed by atoms with Crippen LogP contribution in [0.5, 0.6) is 0 Å². The highest BCUT2D eigenvalue weighted by Crippen LogP contribution is 2.11. The zero-order valence-corrected chi connectivity index (χ0v) is 14.5. The number of piperidine rings is 1. The maximum absolute atomic E-state index is 11.7. The van der Waals surface area contributed by atoms with Gasteiger partial charge < -0.3 is 20.3 Å². The van der Waals surface area contributed by atoms with E-state index in [2.05, 4.69) is 29.5 Å². The maximum atomic E-state index is 11.7. The van der Waals surface area contributed by atoms with Gasteiger partial charge in [0.2, 0.25) is 0 Å². The smallest absolute Gasteiger partial charge is 0.409 e. The van der Waals surface area contributed by atoms with Crippen LogP contribution >= 0.6 is 0 Å². The number of guanidine groups is 1. The Morgan fingerprint density at radius 1 is 1.27 bits per heavy atom. The minimum absolute atomic E-state index is 0.197. The number of carbonyl (C=O) groups is 1. The lowest BCUT2D eigenvalue weighted by Gasteiger charge is -2.32. The summed E-state index contributed by atoms with van der Waals surface area (Å²) in [7, 11) is 1.80. The van der Waals surface area contributed by atoms with Crippen molar-refractivity contribution in [2.45, 2.75) is 52.5 Å². The maximum Gasteiger partial charge on any atom is 0.409 e. The molecule has 1 amide bonds. The Morgan fingerprint density at radius 2 is 1.91 bits per heavy atom. The van der Waals surface area contributed by atoms with Crippen molar-refractivity contribution in [2.24, 2.45) is 10.9 Å². The Hall–Kier alpha value is -1.46. The zero-order valence-electron chi connectivity index (χ0n) is 14.5. The van der Waals surface area contributed by atoms with Crippen molar-refractivity contribution in [3.05, 3.63) is 0 Å². The highest BCUT2D eigenvalue weighted by atomic mass is 16.6. The molecule has 1 aliphatic rings. The molecule has 6 heteroatoms. The number of rotatable bonds is 6. The van der Waals surface area contributed by atoms with Gasteiger partial charge in [-0.1, -0.05) is 26.7 Å². The number of ether oxygens (including phenoxy) is 1. The van der Waals surface area contributed by atoms with Crippen molar-refractivity contribution < 1.29 is 9.53 Å². The second-order valence-corrected chi connectivity index (χ2v) is 5.74. The molecule has 0 aromatic rings. The molecule has 0 saturated carbocycles. The Morgan fingerprint density at radius 3 is 2.41 bits per heavy atom. The van der Waals surface area contributed by atoms with E-state index in [-0.39, 0.29) is 6.09 Å². The second kappa shape index (κ2) is 10.3. The van der Waals surface area contributed by atoms with Crippen molar-refractivity contribution in [3.63, 3.8) is 0 Å². The first-order valence-corrected chi connectivity index (χ1v) is 8.53. The third-order valence-corrected chi connectivity index (χ3v) is 4.30.